The fraction of sp³-hybridized carbons (Fsp3) is 0.429. The Hall–Kier alpha value is -1.97. The number of benzene rings is 1. The molecule has 1 aliphatic carbocycles. The minimum atomic E-state index is -3.82. The van der Waals surface area contributed by atoms with E-state index in [9.17, 15) is 13.2 Å². The number of ether oxygens (including phenoxy) is 1. The molecule has 162 valence electrons. The van der Waals surface area contributed by atoms with Crippen LogP contribution in [0.1, 0.15) is 32.3 Å². The van der Waals surface area contributed by atoms with Crippen molar-refractivity contribution in [2.24, 2.45) is 11.8 Å². The molecule has 0 saturated heterocycles. The number of hydrogen-bond donors (Lipinski definition) is 2. The molecule has 0 unspecified atom stereocenters. The van der Waals surface area contributed by atoms with Crippen LogP contribution in [-0.4, -0.2) is 32.0 Å². The Morgan fingerprint density at radius 2 is 1.90 bits per heavy atom. The second-order valence-electron chi connectivity index (χ2n) is 7.77. The molecule has 2 aromatic rings. The van der Waals surface area contributed by atoms with Crippen molar-refractivity contribution in [1.29, 1.82) is 0 Å². The van der Waals surface area contributed by atoms with Gasteiger partial charge in [0.25, 0.3) is 0 Å². The lowest BCUT2D eigenvalue weighted by molar-refractivity contribution is -0.123. The number of hydrogen-bond acceptors (Lipinski definition) is 5. The Morgan fingerprint density at radius 3 is 2.47 bits per heavy atom. The van der Waals surface area contributed by atoms with E-state index >= 15 is 0 Å². The number of sulfonamides is 1. The molecule has 30 heavy (non-hydrogen) atoms. The highest BCUT2D eigenvalue weighted by Gasteiger charge is 2.28. The van der Waals surface area contributed by atoms with Gasteiger partial charge in [-0.05, 0) is 54.5 Å². The van der Waals surface area contributed by atoms with E-state index in [4.69, 9.17) is 4.74 Å². The van der Waals surface area contributed by atoms with Gasteiger partial charge in [0.15, 0.2) is 0 Å². The van der Waals surface area contributed by atoms with Crippen LogP contribution >= 0.6 is 15.9 Å². The Balaban J connectivity index is 1.57. The summed E-state index contributed by atoms with van der Waals surface area (Å²) in [4.78, 5) is 17.0. The first-order valence-corrected chi connectivity index (χ1v) is 12.2. The maximum Gasteiger partial charge on any atom is 0.241 e. The van der Waals surface area contributed by atoms with Crippen molar-refractivity contribution in [3.63, 3.8) is 0 Å². The minimum absolute atomic E-state index is 0.107. The van der Waals surface area contributed by atoms with Gasteiger partial charge in [-0.2, -0.15) is 4.72 Å². The molecule has 1 aromatic heterocycles. The average molecular weight is 496 g/mol. The zero-order valence-corrected chi connectivity index (χ0v) is 19.4. The molecule has 0 spiro atoms. The average Bonchev–Trinajstić information content (AvgIpc) is 3.54. The third-order valence-electron chi connectivity index (χ3n) is 4.78. The Bertz CT molecular complexity index is 959. The van der Waals surface area contributed by atoms with Gasteiger partial charge in [-0.15, -0.1) is 0 Å². The first-order chi connectivity index (χ1) is 14.2. The van der Waals surface area contributed by atoms with Crippen molar-refractivity contribution in [1.82, 2.24) is 15.0 Å². The smallest absolute Gasteiger partial charge is 0.241 e. The Morgan fingerprint density at radius 1 is 1.20 bits per heavy atom. The second kappa shape index (κ2) is 9.89. The van der Waals surface area contributed by atoms with Crippen molar-refractivity contribution >= 4 is 31.9 Å². The maximum atomic E-state index is 12.7. The monoisotopic (exact) mass is 495 g/mol. The zero-order valence-electron chi connectivity index (χ0n) is 17.0. The first-order valence-electron chi connectivity index (χ1n) is 9.88. The molecule has 1 amide bonds. The van der Waals surface area contributed by atoms with Crippen LogP contribution < -0.4 is 14.8 Å². The number of amides is 1. The first kappa shape index (κ1) is 22.7. The van der Waals surface area contributed by atoms with E-state index in [1.165, 1.54) is 25.0 Å². The molecule has 0 bridgehead atoms. The van der Waals surface area contributed by atoms with Gasteiger partial charge in [0.2, 0.25) is 21.8 Å². The molecule has 1 aromatic carbocycles. The van der Waals surface area contributed by atoms with E-state index in [2.05, 4.69) is 31.0 Å². The predicted molar refractivity (Wildman–Crippen MR) is 117 cm³/mol. The number of nitrogens with zero attached hydrogens (tertiary/aromatic N) is 1. The quantitative estimate of drug-likeness (QED) is 0.527. The maximum absolute atomic E-state index is 12.7. The van der Waals surface area contributed by atoms with Gasteiger partial charge in [-0.25, -0.2) is 13.4 Å². The number of pyridine rings is 1. The van der Waals surface area contributed by atoms with Gasteiger partial charge >= 0.3 is 0 Å². The SMILES string of the molecule is CC(C)[C@H](NS(=O)(=O)c1ccc(Br)cc1)C(=O)NCc1ccc(OCC2CC2)nc1. The highest BCUT2D eigenvalue weighted by atomic mass is 79.9. The zero-order chi connectivity index (χ0) is 21.7. The third kappa shape index (κ3) is 6.52. The number of carbonyl (C=O) groups is 1. The molecule has 1 atom stereocenters. The summed E-state index contributed by atoms with van der Waals surface area (Å²) in [6.07, 6.45) is 4.08. The lowest BCUT2D eigenvalue weighted by atomic mass is 10.0. The molecule has 1 aliphatic rings. The largest absolute Gasteiger partial charge is 0.477 e. The van der Waals surface area contributed by atoms with Crippen LogP contribution in [0, 0.1) is 11.8 Å². The standard InChI is InChI=1S/C21H26BrN3O4S/c1-14(2)20(25-30(27,28)18-8-6-17(22)7-9-18)21(26)24-12-16-5-10-19(23-11-16)29-13-15-3-4-15/h5-11,14-15,20,25H,3-4,12-13H2,1-2H3,(H,24,26)/t20-/m0/s1. The van der Waals surface area contributed by atoms with Crippen LogP contribution in [0.2, 0.25) is 0 Å². The molecular weight excluding hydrogens is 470 g/mol. The van der Waals surface area contributed by atoms with Crippen LogP contribution in [0.25, 0.3) is 0 Å². The van der Waals surface area contributed by atoms with Gasteiger partial charge in [-0.1, -0.05) is 35.8 Å². The van der Waals surface area contributed by atoms with Crippen LogP contribution in [0.15, 0.2) is 52.0 Å². The van der Waals surface area contributed by atoms with E-state index in [1.807, 2.05) is 6.07 Å². The summed E-state index contributed by atoms with van der Waals surface area (Å²) in [6, 6.07) is 8.98. The highest BCUT2D eigenvalue weighted by Crippen LogP contribution is 2.29. The van der Waals surface area contributed by atoms with Gasteiger partial charge in [0, 0.05) is 23.3 Å². The van der Waals surface area contributed by atoms with E-state index in [0.29, 0.717) is 18.4 Å². The molecule has 3 rings (SSSR count). The topological polar surface area (TPSA) is 97.4 Å². The van der Waals surface area contributed by atoms with Crippen molar-refractivity contribution in [2.75, 3.05) is 6.61 Å². The number of halogens is 1. The fourth-order valence-corrected chi connectivity index (χ4v) is 4.34. The van der Waals surface area contributed by atoms with Gasteiger partial charge in [0.05, 0.1) is 11.5 Å². The summed E-state index contributed by atoms with van der Waals surface area (Å²) in [7, 11) is -3.82. The Labute approximate surface area is 185 Å². The van der Waals surface area contributed by atoms with E-state index < -0.39 is 16.1 Å². The number of carbonyl (C=O) groups excluding carboxylic acids is 1. The van der Waals surface area contributed by atoms with E-state index in [-0.39, 0.29) is 23.3 Å². The molecule has 1 saturated carbocycles. The number of rotatable bonds is 10. The van der Waals surface area contributed by atoms with Crippen LogP contribution in [0.5, 0.6) is 5.88 Å². The summed E-state index contributed by atoms with van der Waals surface area (Å²) < 4.78 is 34.2. The van der Waals surface area contributed by atoms with Crippen molar-refractivity contribution in [3.05, 3.63) is 52.6 Å². The lowest BCUT2D eigenvalue weighted by Gasteiger charge is -2.21. The Kier molecular flexibility index (Phi) is 7.49. The number of nitrogens with one attached hydrogen (secondary N) is 2. The summed E-state index contributed by atoms with van der Waals surface area (Å²) >= 11 is 3.28. The molecule has 9 heteroatoms. The minimum Gasteiger partial charge on any atom is -0.477 e. The lowest BCUT2D eigenvalue weighted by Crippen LogP contribution is -2.49. The normalized spacial score (nSPS) is 15.1. The fourth-order valence-electron chi connectivity index (χ4n) is 2.73. The van der Waals surface area contributed by atoms with Gasteiger partial charge in [-0.3, -0.25) is 4.79 Å². The van der Waals surface area contributed by atoms with E-state index in [0.717, 1.165) is 10.0 Å². The summed E-state index contributed by atoms with van der Waals surface area (Å²) in [5.41, 5.74) is 0.806. The molecule has 0 aliphatic heterocycles. The molecule has 1 heterocycles. The highest BCUT2D eigenvalue weighted by molar-refractivity contribution is 9.10. The molecule has 7 nitrogen and oxygen atoms in total. The van der Waals surface area contributed by atoms with Crippen molar-refractivity contribution in [2.45, 2.75) is 44.2 Å². The van der Waals surface area contributed by atoms with Crippen molar-refractivity contribution < 1.29 is 17.9 Å². The molecule has 1 fully saturated rings. The molecular formula is C21H26BrN3O4S. The van der Waals surface area contributed by atoms with Crippen molar-refractivity contribution in [3.8, 4) is 5.88 Å². The van der Waals surface area contributed by atoms with Gasteiger partial charge < -0.3 is 10.1 Å². The third-order valence-corrected chi connectivity index (χ3v) is 6.77. The number of aromatic nitrogens is 1. The second-order valence-corrected chi connectivity index (χ2v) is 10.4. The predicted octanol–water partition coefficient (Wildman–Crippen LogP) is 3.25. The summed E-state index contributed by atoms with van der Waals surface area (Å²) in [5.74, 6) is 0.602. The summed E-state index contributed by atoms with van der Waals surface area (Å²) in [5, 5.41) is 2.79. The molecule has 0 radical (unpaired) electrons. The van der Waals surface area contributed by atoms with Crippen LogP contribution in [-0.2, 0) is 21.4 Å². The van der Waals surface area contributed by atoms with Crippen LogP contribution in [0.4, 0.5) is 0 Å². The van der Waals surface area contributed by atoms with Gasteiger partial charge in [0.1, 0.15) is 6.04 Å². The van der Waals surface area contributed by atoms with E-state index in [1.54, 1.807) is 38.2 Å². The molecule has 2 N–H and O–H groups in total. The van der Waals surface area contributed by atoms with Crippen LogP contribution in [0.3, 0.4) is 0 Å². The summed E-state index contributed by atoms with van der Waals surface area (Å²) in [6.45, 7) is 4.53.